The van der Waals surface area contributed by atoms with Gasteiger partial charge in [-0.3, -0.25) is 9.79 Å². The Labute approximate surface area is 364 Å². The molecule has 334 valence electrons. The summed E-state index contributed by atoms with van der Waals surface area (Å²) in [5.41, 5.74) is 6.93. The van der Waals surface area contributed by atoms with Gasteiger partial charge in [-0.1, -0.05) is 146 Å². The summed E-state index contributed by atoms with van der Waals surface area (Å²) >= 11 is 0. The third kappa shape index (κ3) is 19.7. The van der Waals surface area contributed by atoms with Crippen LogP contribution in [0.25, 0.3) is 5.57 Å². The average Bonchev–Trinajstić information content (AvgIpc) is 3.20. The molecule has 0 spiro atoms. The third-order valence-corrected chi connectivity index (χ3v) is 11.9. The molecule has 0 amide bonds. The molecule has 2 aliphatic rings. The summed E-state index contributed by atoms with van der Waals surface area (Å²) in [5, 5.41) is 6.59. The lowest BCUT2D eigenvalue weighted by Crippen LogP contribution is -2.48. The Balaban J connectivity index is 0.00000144. The number of ketones is 1. The Morgan fingerprint density at radius 1 is 1.05 bits per heavy atom. The molecule has 5 heteroatoms. The fourth-order valence-electron chi connectivity index (χ4n) is 7.15. The van der Waals surface area contributed by atoms with Crippen molar-refractivity contribution in [1.82, 2.24) is 10.6 Å². The fourth-order valence-corrected chi connectivity index (χ4v) is 7.15. The van der Waals surface area contributed by atoms with Crippen LogP contribution >= 0.6 is 0 Å². The lowest BCUT2D eigenvalue weighted by molar-refractivity contribution is -0.129. The van der Waals surface area contributed by atoms with Gasteiger partial charge in [-0.05, 0) is 149 Å². The second-order valence-corrected chi connectivity index (χ2v) is 18.5. The molecule has 2 N–H and O–H groups in total. The van der Waals surface area contributed by atoms with Crippen molar-refractivity contribution in [1.29, 1.82) is 0 Å². The first kappa shape index (κ1) is 55.7. The molecule has 1 aromatic carbocycles. The molecule has 1 saturated heterocycles. The second kappa shape index (κ2) is 29.0. The van der Waals surface area contributed by atoms with Crippen LogP contribution in [0.5, 0.6) is 0 Å². The SMILES string of the molecule is C=C/C(F)=C(\C=C/C)N/C(C)=C(C)/C(=C\C(=C)c1ccc(C2(C(=O)C(C)CC)CCNCC2)c(C)c1)N=CCC.CC(C)C.CCC(C)(C)CC.CCCC1CC(C)C1. The number of carbonyl (C=O) groups excluding carboxylic acids is 1. The van der Waals surface area contributed by atoms with E-state index in [-0.39, 0.29) is 5.92 Å². The van der Waals surface area contributed by atoms with E-state index in [1.807, 2.05) is 40.0 Å². The lowest BCUT2D eigenvalue weighted by atomic mass is 9.65. The zero-order valence-electron chi connectivity index (χ0n) is 41.1. The summed E-state index contributed by atoms with van der Waals surface area (Å²) in [6, 6.07) is 6.35. The van der Waals surface area contributed by atoms with Gasteiger partial charge >= 0.3 is 0 Å². The highest BCUT2D eigenvalue weighted by Crippen LogP contribution is 2.40. The maximum absolute atomic E-state index is 14.3. The van der Waals surface area contributed by atoms with Crippen LogP contribution in [0.2, 0.25) is 0 Å². The van der Waals surface area contributed by atoms with Crippen molar-refractivity contribution in [3.8, 4) is 0 Å². The quantitative estimate of drug-likeness (QED) is 0.122. The summed E-state index contributed by atoms with van der Waals surface area (Å²) in [6.07, 6.45) is 20.2. The van der Waals surface area contributed by atoms with E-state index in [1.54, 1.807) is 12.2 Å². The fraction of sp³-hybridized carbons (Fsp3) is 0.630. The molecular weight excluding hydrogens is 726 g/mol. The molecule has 0 radical (unpaired) electrons. The van der Waals surface area contributed by atoms with Crippen LogP contribution in [0.3, 0.4) is 0 Å². The number of aliphatic imine (C=N–C) groups is 1. The predicted molar refractivity (Wildman–Crippen MR) is 262 cm³/mol. The van der Waals surface area contributed by atoms with Gasteiger partial charge in [-0.25, -0.2) is 4.39 Å². The Bertz CT molecular complexity index is 1560. The molecule has 3 rings (SSSR count). The maximum atomic E-state index is 14.3. The van der Waals surface area contributed by atoms with Crippen LogP contribution in [0.1, 0.15) is 185 Å². The van der Waals surface area contributed by atoms with Gasteiger partial charge in [0.2, 0.25) is 0 Å². The third-order valence-electron chi connectivity index (χ3n) is 11.9. The van der Waals surface area contributed by atoms with Gasteiger partial charge in [0.1, 0.15) is 11.6 Å². The number of nitrogens with one attached hydrogen (secondary N) is 2. The number of benzene rings is 1. The molecule has 1 unspecified atom stereocenters. The summed E-state index contributed by atoms with van der Waals surface area (Å²) < 4.78 is 14.3. The van der Waals surface area contributed by atoms with Crippen LogP contribution in [0, 0.1) is 36.0 Å². The van der Waals surface area contributed by atoms with Gasteiger partial charge in [0.15, 0.2) is 0 Å². The van der Waals surface area contributed by atoms with Gasteiger partial charge in [-0.2, -0.15) is 0 Å². The second-order valence-electron chi connectivity index (χ2n) is 18.5. The first-order valence-electron chi connectivity index (χ1n) is 23.1. The van der Waals surface area contributed by atoms with Gasteiger partial charge in [0.25, 0.3) is 0 Å². The molecule has 2 fully saturated rings. The van der Waals surface area contributed by atoms with Crippen LogP contribution in [-0.2, 0) is 10.2 Å². The molecule has 4 nitrogen and oxygen atoms in total. The summed E-state index contributed by atoms with van der Waals surface area (Å²) in [5.74, 6) is 2.95. The maximum Gasteiger partial charge on any atom is 0.146 e. The van der Waals surface area contributed by atoms with Crippen molar-refractivity contribution in [2.45, 2.75) is 180 Å². The lowest BCUT2D eigenvalue weighted by Gasteiger charge is -2.39. The van der Waals surface area contributed by atoms with Crippen LogP contribution in [0.4, 0.5) is 4.39 Å². The standard InChI is InChI=1S/C35H48FN3O.C8H16.C7H16.C4H10/c1-10-14-32(31(36)13-4)39-28(9)27(8)33(38-19-11-2)23-25(6)29-15-16-30(26(7)22-29)35(17-20-37-21-18-35)34(40)24(5)12-3;1-3-4-8-5-7(2)6-8;1-5-7(3,4)6-2;1-4(2)3/h10,13-16,19,22-24,37,39H,4,6,11-12,17-18,20-21H2,1-3,5,7-9H3;7-8H,3-6H2,1-2H3;5-6H2,1-4H3;4H,1-3H3/b14-10-,28-27+,32-31-,33-23+,38-19?;;;. The number of piperidine rings is 1. The van der Waals surface area contributed by atoms with Crippen molar-refractivity contribution >= 4 is 17.6 Å². The van der Waals surface area contributed by atoms with Gasteiger partial charge in [0, 0.05) is 17.8 Å². The summed E-state index contributed by atoms with van der Waals surface area (Å²) in [4.78, 5) is 18.4. The topological polar surface area (TPSA) is 53.5 Å². The number of hydrogen-bond acceptors (Lipinski definition) is 4. The number of carbonyl (C=O) groups is 1. The number of aryl methyl sites for hydroxylation is 1. The Morgan fingerprint density at radius 2 is 1.63 bits per heavy atom. The van der Waals surface area contributed by atoms with Crippen molar-refractivity contribution in [3.05, 3.63) is 101 Å². The number of halogens is 1. The molecular formula is C54H90FN3O. The predicted octanol–water partition coefficient (Wildman–Crippen LogP) is 15.8. The highest BCUT2D eigenvalue weighted by molar-refractivity contribution is 5.92. The number of nitrogens with zero attached hydrogens (tertiary/aromatic N) is 1. The van der Waals surface area contributed by atoms with Crippen LogP contribution < -0.4 is 10.6 Å². The Hall–Kier alpha value is -3.31. The highest BCUT2D eigenvalue weighted by Gasteiger charge is 2.43. The summed E-state index contributed by atoms with van der Waals surface area (Å²) in [7, 11) is 0. The van der Waals surface area contributed by atoms with E-state index in [1.165, 1.54) is 44.6 Å². The molecule has 1 aliphatic carbocycles. The minimum Gasteiger partial charge on any atom is -0.356 e. The zero-order valence-corrected chi connectivity index (χ0v) is 41.1. The first-order valence-corrected chi connectivity index (χ1v) is 23.1. The smallest absolute Gasteiger partial charge is 0.146 e. The van der Waals surface area contributed by atoms with Crippen molar-refractivity contribution in [3.63, 3.8) is 0 Å². The van der Waals surface area contributed by atoms with E-state index < -0.39 is 11.2 Å². The van der Waals surface area contributed by atoms with Crippen molar-refractivity contribution in [2.24, 2.45) is 34.1 Å². The number of Topliss-reactive ketones (excluding diaryl/α,β-unsaturated/α-hetero) is 1. The van der Waals surface area contributed by atoms with E-state index in [0.29, 0.717) is 16.9 Å². The minimum atomic E-state index is -0.446. The Morgan fingerprint density at radius 3 is 2.05 bits per heavy atom. The van der Waals surface area contributed by atoms with Crippen molar-refractivity contribution in [2.75, 3.05) is 13.1 Å². The van der Waals surface area contributed by atoms with E-state index >= 15 is 0 Å². The monoisotopic (exact) mass is 816 g/mol. The summed E-state index contributed by atoms with van der Waals surface area (Å²) in [6.45, 7) is 43.8. The van der Waals surface area contributed by atoms with Gasteiger partial charge < -0.3 is 10.6 Å². The van der Waals surface area contributed by atoms with Crippen LogP contribution in [0.15, 0.2) is 89.1 Å². The highest BCUT2D eigenvalue weighted by atomic mass is 19.1. The van der Waals surface area contributed by atoms with E-state index in [9.17, 15) is 9.18 Å². The number of allylic oxidation sites excluding steroid dienone is 8. The number of rotatable bonds is 17. The van der Waals surface area contributed by atoms with E-state index in [4.69, 9.17) is 4.99 Å². The molecule has 1 saturated carbocycles. The molecule has 0 aromatic heterocycles. The number of hydrogen-bond donors (Lipinski definition) is 2. The van der Waals surface area contributed by atoms with Crippen LogP contribution in [-0.4, -0.2) is 25.1 Å². The molecule has 0 bridgehead atoms. The average molecular weight is 816 g/mol. The molecule has 59 heavy (non-hydrogen) atoms. The first-order chi connectivity index (χ1) is 27.7. The van der Waals surface area contributed by atoms with Gasteiger partial charge in [-0.15, -0.1) is 0 Å². The molecule has 1 aliphatic heterocycles. The minimum absolute atomic E-state index is 0.0313. The largest absolute Gasteiger partial charge is 0.356 e. The molecule has 1 aromatic rings. The molecule has 1 heterocycles. The van der Waals surface area contributed by atoms with E-state index in [0.717, 1.165) is 95.8 Å². The van der Waals surface area contributed by atoms with Gasteiger partial charge in [0.05, 0.1) is 16.8 Å². The van der Waals surface area contributed by atoms with E-state index in [2.05, 4.69) is 125 Å². The normalized spacial score (nSPS) is 19.1. The van der Waals surface area contributed by atoms with Crippen molar-refractivity contribution < 1.29 is 9.18 Å². The Kier molecular flexibility index (Phi) is 27.4. The zero-order chi connectivity index (χ0) is 45.3. The molecule has 1 atom stereocenters.